The third-order valence-corrected chi connectivity index (χ3v) is 5.01. The van der Waals surface area contributed by atoms with Crippen LogP contribution >= 0.6 is 0 Å². The summed E-state index contributed by atoms with van der Waals surface area (Å²) in [5.41, 5.74) is 4.20. The van der Waals surface area contributed by atoms with E-state index in [1.54, 1.807) is 7.11 Å². The van der Waals surface area contributed by atoms with E-state index in [1.807, 2.05) is 48.2 Å². The Hall–Kier alpha value is -2.66. The van der Waals surface area contributed by atoms with Crippen LogP contribution in [0.5, 0.6) is 0 Å². The Morgan fingerprint density at radius 3 is 2.85 bits per heavy atom. The van der Waals surface area contributed by atoms with Gasteiger partial charge in [0.25, 0.3) is 0 Å². The van der Waals surface area contributed by atoms with Crippen molar-refractivity contribution in [1.82, 2.24) is 9.55 Å². The van der Waals surface area contributed by atoms with E-state index in [9.17, 15) is 4.79 Å². The molecule has 0 spiro atoms. The van der Waals surface area contributed by atoms with Crippen molar-refractivity contribution in [2.75, 3.05) is 25.2 Å². The third-order valence-electron chi connectivity index (χ3n) is 5.01. The number of hydrogen-bond donors (Lipinski definition) is 0. The van der Waals surface area contributed by atoms with Gasteiger partial charge in [-0.15, -0.1) is 0 Å². The minimum atomic E-state index is 0.0901. The van der Waals surface area contributed by atoms with Gasteiger partial charge in [0, 0.05) is 38.2 Å². The largest absolute Gasteiger partial charge is 0.383 e. The van der Waals surface area contributed by atoms with Crippen LogP contribution in [0.1, 0.15) is 23.7 Å². The number of carbonyl (C=O) groups excluding carboxylic acids is 1. The van der Waals surface area contributed by atoms with Gasteiger partial charge in [-0.3, -0.25) is 4.79 Å². The second-order valence-electron chi connectivity index (χ2n) is 6.85. The smallest absolute Gasteiger partial charge is 0.227 e. The number of imidazole rings is 1. The lowest BCUT2D eigenvalue weighted by Crippen LogP contribution is -2.24. The van der Waals surface area contributed by atoms with E-state index in [-0.39, 0.29) is 11.8 Å². The second kappa shape index (κ2) is 6.92. The first-order valence-electron chi connectivity index (χ1n) is 8.98. The maximum atomic E-state index is 12.7. The molecule has 4 rings (SSSR count). The summed E-state index contributed by atoms with van der Waals surface area (Å²) in [6, 6.07) is 16.2. The lowest BCUT2D eigenvalue weighted by Gasteiger charge is -2.18. The van der Waals surface area contributed by atoms with E-state index >= 15 is 0 Å². The summed E-state index contributed by atoms with van der Waals surface area (Å²) in [4.78, 5) is 19.4. The molecule has 2 aromatic carbocycles. The number of methoxy groups -OCH3 is 1. The van der Waals surface area contributed by atoms with Gasteiger partial charge in [-0.25, -0.2) is 4.98 Å². The predicted octanol–water partition coefficient (Wildman–Crippen LogP) is 3.51. The van der Waals surface area contributed by atoms with Gasteiger partial charge in [-0.05, 0) is 36.8 Å². The molecule has 134 valence electrons. The molecular weight excluding hydrogens is 326 g/mol. The van der Waals surface area contributed by atoms with E-state index in [1.165, 1.54) is 0 Å². The van der Waals surface area contributed by atoms with Crippen molar-refractivity contribution in [3.63, 3.8) is 0 Å². The zero-order chi connectivity index (χ0) is 18.1. The lowest BCUT2D eigenvalue weighted by atomic mass is 10.1. The first kappa shape index (κ1) is 16.8. The molecule has 0 unspecified atom stereocenters. The molecule has 1 aliphatic heterocycles. The van der Waals surface area contributed by atoms with Gasteiger partial charge in [0.15, 0.2) is 0 Å². The van der Waals surface area contributed by atoms with Gasteiger partial charge >= 0.3 is 0 Å². The summed E-state index contributed by atoms with van der Waals surface area (Å²) < 4.78 is 7.49. The van der Waals surface area contributed by atoms with Gasteiger partial charge in [-0.1, -0.05) is 24.3 Å². The van der Waals surface area contributed by atoms with Crippen molar-refractivity contribution in [3.8, 4) is 0 Å². The van der Waals surface area contributed by atoms with Crippen molar-refractivity contribution in [3.05, 3.63) is 59.9 Å². The highest BCUT2D eigenvalue weighted by Gasteiger charge is 2.34. The monoisotopic (exact) mass is 349 g/mol. The number of benzene rings is 2. The number of hydrogen-bond acceptors (Lipinski definition) is 3. The molecule has 1 fully saturated rings. The number of nitrogens with zero attached hydrogens (tertiary/aromatic N) is 3. The minimum Gasteiger partial charge on any atom is -0.383 e. The molecule has 1 amide bonds. The van der Waals surface area contributed by atoms with Crippen LogP contribution in [0.2, 0.25) is 0 Å². The lowest BCUT2D eigenvalue weighted by molar-refractivity contribution is -0.117. The van der Waals surface area contributed by atoms with Gasteiger partial charge < -0.3 is 14.2 Å². The molecule has 3 aromatic rings. The zero-order valence-electron chi connectivity index (χ0n) is 15.2. The molecule has 26 heavy (non-hydrogen) atoms. The van der Waals surface area contributed by atoms with Crippen molar-refractivity contribution < 1.29 is 9.53 Å². The van der Waals surface area contributed by atoms with Crippen LogP contribution in [0.15, 0.2) is 48.5 Å². The summed E-state index contributed by atoms with van der Waals surface area (Å²) in [5, 5.41) is 0. The maximum absolute atomic E-state index is 12.7. The first-order chi connectivity index (χ1) is 12.7. The minimum absolute atomic E-state index is 0.0901. The number of anilines is 1. The third kappa shape index (κ3) is 2.99. The van der Waals surface area contributed by atoms with E-state index in [0.29, 0.717) is 19.6 Å². The molecule has 1 aromatic heterocycles. The van der Waals surface area contributed by atoms with Crippen LogP contribution in [0.4, 0.5) is 5.69 Å². The number of carbonyl (C=O) groups is 1. The standard InChI is InChI=1S/C21H23N3O2/c1-15-6-5-7-17(12-15)24-14-16(13-20(24)25)21-22-18-8-3-4-9-19(18)23(21)10-11-26-2/h3-9,12,16H,10-11,13-14H2,1-2H3/t16-/m0/s1. The Bertz CT molecular complexity index is 947. The highest BCUT2D eigenvalue weighted by atomic mass is 16.5. The van der Waals surface area contributed by atoms with Gasteiger partial charge in [0.05, 0.1) is 17.6 Å². The van der Waals surface area contributed by atoms with Crippen molar-refractivity contribution in [2.45, 2.75) is 25.8 Å². The Kier molecular flexibility index (Phi) is 4.47. The molecule has 0 saturated carbocycles. The van der Waals surface area contributed by atoms with E-state index < -0.39 is 0 Å². The molecule has 0 N–H and O–H groups in total. The van der Waals surface area contributed by atoms with Crippen LogP contribution in [-0.2, 0) is 16.1 Å². The van der Waals surface area contributed by atoms with Gasteiger partial charge in [0.2, 0.25) is 5.91 Å². The fraction of sp³-hybridized carbons (Fsp3) is 0.333. The number of rotatable bonds is 5. The summed E-state index contributed by atoms with van der Waals surface area (Å²) in [6.07, 6.45) is 0.490. The topological polar surface area (TPSA) is 47.4 Å². The molecule has 1 atom stereocenters. The Balaban J connectivity index is 1.68. The number of fused-ring (bicyclic) bond motifs is 1. The van der Waals surface area contributed by atoms with Gasteiger partial charge in [-0.2, -0.15) is 0 Å². The average Bonchev–Trinajstić information content (AvgIpc) is 3.20. The van der Waals surface area contributed by atoms with E-state index in [2.05, 4.69) is 16.7 Å². The quantitative estimate of drug-likeness (QED) is 0.708. The maximum Gasteiger partial charge on any atom is 0.227 e. The number of para-hydroxylation sites is 2. The summed E-state index contributed by atoms with van der Waals surface area (Å²) in [5.74, 6) is 1.23. The van der Waals surface area contributed by atoms with Crippen LogP contribution in [-0.4, -0.2) is 35.7 Å². The molecule has 0 radical (unpaired) electrons. The van der Waals surface area contributed by atoms with Crippen molar-refractivity contribution in [2.24, 2.45) is 0 Å². The molecule has 0 bridgehead atoms. The average molecular weight is 349 g/mol. The summed E-state index contributed by atoms with van der Waals surface area (Å²) in [7, 11) is 1.71. The Morgan fingerprint density at radius 2 is 2.04 bits per heavy atom. The number of aryl methyl sites for hydroxylation is 1. The number of amides is 1. The fourth-order valence-corrected chi connectivity index (χ4v) is 3.75. The SMILES string of the molecule is COCCn1c([C@H]2CC(=O)N(c3cccc(C)c3)C2)nc2ccccc21. The molecule has 5 heteroatoms. The predicted molar refractivity (Wildman–Crippen MR) is 102 cm³/mol. The Labute approximate surface area is 153 Å². The molecule has 1 aliphatic rings. The van der Waals surface area contributed by atoms with E-state index in [0.717, 1.165) is 34.7 Å². The molecular formula is C21H23N3O2. The highest BCUT2D eigenvalue weighted by Crippen LogP contribution is 2.33. The molecule has 2 heterocycles. The van der Waals surface area contributed by atoms with Crippen LogP contribution in [0.3, 0.4) is 0 Å². The summed E-state index contributed by atoms with van der Waals surface area (Å²) in [6.45, 7) is 4.07. The molecule has 0 aliphatic carbocycles. The van der Waals surface area contributed by atoms with Crippen molar-refractivity contribution in [1.29, 1.82) is 0 Å². The number of aromatic nitrogens is 2. The van der Waals surface area contributed by atoms with Gasteiger partial charge in [0.1, 0.15) is 5.82 Å². The zero-order valence-corrected chi connectivity index (χ0v) is 15.2. The summed E-state index contributed by atoms with van der Waals surface area (Å²) >= 11 is 0. The van der Waals surface area contributed by atoms with Crippen LogP contribution in [0.25, 0.3) is 11.0 Å². The first-order valence-corrected chi connectivity index (χ1v) is 8.98. The highest BCUT2D eigenvalue weighted by molar-refractivity contribution is 5.96. The van der Waals surface area contributed by atoms with Crippen molar-refractivity contribution >= 4 is 22.6 Å². The van der Waals surface area contributed by atoms with Crippen LogP contribution in [0, 0.1) is 6.92 Å². The fourth-order valence-electron chi connectivity index (χ4n) is 3.75. The molecule has 1 saturated heterocycles. The number of ether oxygens (including phenoxy) is 1. The normalized spacial score (nSPS) is 17.4. The molecule has 5 nitrogen and oxygen atoms in total. The Morgan fingerprint density at radius 1 is 1.19 bits per heavy atom. The second-order valence-corrected chi connectivity index (χ2v) is 6.85. The van der Waals surface area contributed by atoms with Crippen LogP contribution < -0.4 is 4.90 Å². The van der Waals surface area contributed by atoms with E-state index in [4.69, 9.17) is 9.72 Å².